The van der Waals surface area contributed by atoms with Crippen LogP contribution >= 0.6 is 11.3 Å². The molecule has 0 bridgehead atoms. The molecule has 1 saturated heterocycles. The first-order valence-corrected chi connectivity index (χ1v) is 9.40. The summed E-state index contributed by atoms with van der Waals surface area (Å²) >= 11 is 1.42. The second-order valence-electron chi connectivity index (χ2n) is 6.52. The molecule has 1 aliphatic rings. The highest BCUT2D eigenvalue weighted by molar-refractivity contribution is 7.15. The van der Waals surface area contributed by atoms with Crippen LogP contribution in [-0.2, 0) is 11.2 Å². The Balaban J connectivity index is 1.52. The molecule has 134 valence electrons. The van der Waals surface area contributed by atoms with E-state index in [1.807, 2.05) is 0 Å². The summed E-state index contributed by atoms with van der Waals surface area (Å²) in [6.07, 6.45) is 3.18. The number of ether oxygens (including phenoxy) is 2. The fourth-order valence-corrected chi connectivity index (χ4v) is 3.52. The quantitative estimate of drug-likeness (QED) is 0.816. The highest BCUT2D eigenvalue weighted by atomic mass is 32.1. The minimum Gasteiger partial charge on any atom is -0.491 e. The first kappa shape index (κ1) is 17.8. The van der Waals surface area contributed by atoms with E-state index in [2.05, 4.69) is 29.4 Å². The lowest BCUT2D eigenvalue weighted by atomic mass is 10.1. The zero-order valence-corrected chi connectivity index (χ0v) is 15.3. The van der Waals surface area contributed by atoms with Crippen LogP contribution in [0.5, 0.6) is 5.75 Å². The summed E-state index contributed by atoms with van der Waals surface area (Å²) in [6.45, 7) is 5.62. The molecule has 2 aromatic rings. The van der Waals surface area contributed by atoms with E-state index >= 15 is 0 Å². The van der Waals surface area contributed by atoms with Gasteiger partial charge in [0.2, 0.25) is 5.13 Å². The minimum atomic E-state index is -0.196. The number of hydrogen-bond donors (Lipinski definition) is 1. The largest absolute Gasteiger partial charge is 0.491 e. The molecule has 1 atom stereocenters. The van der Waals surface area contributed by atoms with E-state index < -0.39 is 0 Å². The van der Waals surface area contributed by atoms with Crippen molar-refractivity contribution in [2.24, 2.45) is 5.92 Å². The highest BCUT2D eigenvalue weighted by Crippen LogP contribution is 2.20. The lowest BCUT2D eigenvalue weighted by molar-refractivity contribution is 0.0679. The molecule has 0 spiro atoms. The molecule has 1 aromatic carbocycles. The summed E-state index contributed by atoms with van der Waals surface area (Å²) in [5.74, 6) is 1.05. The number of rotatable bonds is 7. The number of anilines is 1. The number of carbonyl (C=O) groups excluding carboxylic acids is 1. The molecule has 2 heterocycles. The van der Waals surface area contributed by atoms with Gasteiger partial charge in [-0.1, -0.05) is 25.2 Å². The summed E-state index contributed by atoms with van der Waals surface area (Å²) < 4.78 is 11.2. The van der Waals surface area contributed by atoms with E-state index in [0.717, 1.165) is 36.6 Å². The number of carbonyl (C=O) groups is 1. The van der Waals surface area contributed by atoms with Gasteiger partial charge in [-0.15, -0.1) is 10.2 Å². The van der Waals surface area contributed by atoms with Crippen molar-refractivity contribution in [3.05, 3.63) is 34.8 Å². The molecule has 1 aliphatic heterocycles. The summed E-state index contributed by atoms with van der Waals surface area (Å²) in [5, 5.41) is 12.4. The fraction of sp³-hybridized carbons (Fsp3) is 0.500. The van der Waals surface area contributed by atoms with E-state index in [9.17, 15) is 4.79 Å². The van der Waals surface area contributed by atoms with Gasteiger partial charge >= 0.3 is 0 Å². The number of nitrogens with zero attached hydrogens (tertiary/aromatic N) is 2. The number of nitrogens with one attached hydrogen (secondary N) is 1. The van der Waals surface area contributed by atoms with Crippen molar-refractivity contribution < 1.29 is 14.3 Å². The molecular formula is C18H23N3O3S. The maximum Gasteiger partial charge on any atom is 0.257 e. The Morgan fingerprint density at radius 3 is 2.84 bits per heavy atom. The van der Waals surface area contributed by atoms with E-state index in [0.29, 0.717) is 23.2 Å². The SMILES string of the molecule is CC(C)Cc1nnc(NC(=O)c2ccc(OCC3CCCO3)cc2)s1. The third-order valence-electron chi connectivity index (χ3n) is 3.85. The third-order valence-corrected chi connectivity index (χ3v) is 4.71. The average Bonchev–Trinajstić information content (AvgIpc) is 3.25. The van der Waals surface area contributed by atoms with Crippen molar-refractivity contribution in [1.82, 2.24) is 10.2 Å². The van der Waals surface area contributed by atoms with Crippen LogP contribution in [0.3, 0.4) is 0 Å². The summed E-state index contributed by atoms with van der Waals surface area (Å²) in [7, 11) is 0. The van der Waals surface area contributed by atoms with Crippen molar-refractivity contribution in [2.75, 3.05) is 18.5 Å². The van der Waals surface area contributed by atoms with Gasteiger partial charge in [0.25, 0.3) is 5.91 Å². The van der Waals surface area contributed by atoms with Crippen LogP contribution in [0.4, 0.5) is 5.13 Å². The summed E-state index contributed by atoms with van der Waals surface area (Å²) in [5.41, 5.74) is 0.560. The molecule has 7 heteroatoms. The first-order chi connectivity index (χ1) is 12.1. The van der Waals surface area contributed by atoms with Crippen LogP contribution in [0.25, 0.3) is 0 Å². The van der Waals surface area contributed by atoms with E-state index in [-0.39, 0.29) is 12.0 Å². The van der Waals surface area contributed by atoms with E-state index in [1.165, 1.54) is 11.3 Å². The van der Waals surface area contributed by atoms with Gasteiger partial charge in [-0.25, -0.2) is 0 Å². The van der Waals surface area contributed by atoms with E-state index in [4.69, 9.17) is 9.47 Å². The molecular weight excluding hydrogens is 338 g/mol. The van der Waals surface area contributed by atoms with Gasteiger partial charge in [-0.05, 0) is 43.0 Å². The lowest BCUT2D eigenvalue weighted by Crippen LogP contribution is -2.16. The Labute approximate surface area is 151 Å². The topological polar surface area (TPSA) is 73.3 Å². The van der Waals surface area contributed by atoms with Crippen molar-refractivity contribution in [1.29, 1.82) is 0 Å². The van der Waals surface area contributed by atoms with Gasteiger partial charge in [-0.3, -0.25) is 10.1 Å². The van der Waals surface area contributed by atoms with Crippen molar-refractivity contribution >= 4 is 22.4 Å². The Bertz CT molecular complexity index is 694. The summed E-state index contributed by atoms with van der Waals surface area (Å²) in [4.78, 5) is 12.3. The Morgan fingerprint density at radius 2 is 2.16 bits per heavy atom. The van der Waals surface area contributed by atoms with Crippen LogP contribution in [0.15, 0.2) is 24.3 Å². The molecule has 1 fully saturated rings. The molecule has 25 heavy (non-hydrogen) atoms. The Kier molecular flexibility index (Phi) is 5.99. The third kappa shape index (κ3) is 5.24. The zero-order chi connectivity index (χ0) is 17.6. The minimum absolute atomic E-state index is 0.181. The van der Waals surface area contributed by atoms with Gasteiger partial charge in [0.15, 0.2) is 0 Å². The van der Waals surface area contributed by atoms with Gasteiger partial charge in [0.05, 0.1) is 6.10 Å². The van der Waals surface area contributed by atoms with Crippen LogP contribution in [0.1, 0.15) is 42.1 Å². The molecule has 1 unspecified atom stereocenters. The Morgan fingerprint density at radius 1 is 1.36 bits per heavy atom. The first-order valence-electron chi connectivity index (χ1n) is 8.58. The maximum absolute atomic E-state index is 12.3. The van der Waals surface area contributed by atoms with Crippen molar-refractivity contribution in [3.8, 4) is 5.75 Å². The zero-order valence-electron chi connectivity index (χ0n) is 14.5. The number of hydrogen-bond acceptors (Lipinski definition) is 6. The molecule has 0 radical (unpaired) electrons. The van der Waals surface area contributed by atoms with Gasteiger partial charge < -0.3 is 9.47 Å². The number of aromatic nitrogens is 2. The highest BCUT2D eigenvalue weighted by Gasteiger charge is 2.16. The van der Waals surface area contributed by atoms with Crippen molar-refractivity contribution in [2.45, 2.75) is 39.2 Å². The van der Waals surface area contributed by atoms with Crippen LogP contribution in [0.2, 0.25) is 0 Å². The molecule has 0 saturated carbocycles. The van der Waals surface area contributed by atoms with Gasteiger partial charge in [0.1, 0.15) is 17.4 Å². The molecule has 1 N–H and O–H groups in total. The molecule has 6 nitrogen and oxygen atoms in total. The Hall–Kier alpha value is -1.99. The smallest absolute Gasteiger partial charge is 0.257 e. The number of amides is 1. The van der Waals surface area contributed by atoms with Crippen LogP contribution in [-0.4, -0.2) is 35.4 Å². The monoisotopic (exact) mass is 361 g/mol. The molecule has 3 rings (SSSR count). The molecule has 1 amide bonds. The van der Waals surface area contributed by atoms with Crippen LogP contribution in [0, 0.1) is 5.92 Å². The summed E-state index contributed by atoms with van der Waals surface area (Å²) in [6, 6.07) is 7.09. The number of benzene rings is 1. The average molecular weight is 361 g/mol. The predicted octanol–water partition coefficient (Wildman–Crippen LogP) is 3.55. The van der Waals surface area contributed by atoms with Gasteiger partial charge in [-0.2, -0.15) is 0 Å². The normalized spacial score (nSPS) is 17.0. The second-order valence-corrected chi connectivity index (χ2v) is 7.59. The fourth-order valence-electron chi connectivity index (χ4n) is 2.57. The van der Waals surface area contributed by atoms with Crippen molar-refractivity contribution in [3.63, 3.8) is 0 Å². The standard InChI is InChI=1S/C18H23N3O3S/c1-12(2)10-16-20-21-18(25-16)19-17(22)13-5-7-14(8-6-13)24-11-15-4-3-9-23-15/h5-8,12,15H,3-4,9-11H2,1-2H3,(H,19,21,22). The second kappa shape index (κ2) is 8.40. The molecule has 0 aliphatic carbocycles. The lowest BCUT2D eigenvalue weighted by Gasteiger charge is -2.11. The van der Waals surface area contributed by atoms with Gasteiger partial charge in [0, 0.05) is 18.6 Å². The van der Waals surface area contributed by atoms with E-state index in [1.54, 1.807) is 24.3 Å². The predicted molar refractivity (Wildman–Crippen MR) is 97.3 cm³/mol. The van der Waals surface area contributed by atoms with Crippen LogP contribution < -0.4 is 10.1 Å². The maximum atomic E-state index is 12.3. The molecule has 1 aromatic heterocycles.